The van der Waals surface area contributed by atoms with E-state index in [0.717, 1.165) is 19.3 Å². The maximum Gasteiger partial charge on any atom is 0.224 e. The number of rotatable bonds is 3. The third kappa shape index (κ3) is 2.36. The molecule has 1 aromatic heterocycles. The maximum atomic E-state index is 9.16. The number of aliphatic hydroxyl groups excluding tert-OH is 1. The molecule has 1 heterocycles. The molecule has 2 rings (SSSR count). The summed E-state index contributed by atoms with van der Waals surface area (Å²) in [6.45, 7) is 0.222. The number of hydrogen-bond donors (Lipinski definition) is 3. The molecule has 0 aliphatic heterocycles. The number of nitrogen functional groups attached to an aromatic ring is 1. The number of nitrogens with two attached hydrogens (primary N) is 1. The van der Waals surface area contributed by atoms with Crippen molar-refractivity contribution in [2.24, 2.45) is 5.92 Å². The summed E-state index contributed by atoms with van der Waals surface area (Å²) in [4.78, 5) is 8.17. The molecule has 1 fully saturated rings. The molecule has 0 radical (unpaired) electrons. The van der Waals surface area contributed by atoms with Gasteiger partial charge in [-0.3, -0.25) is 0 Å². The first-order valence-electron chi connectivity index (χ1n) is 5.25. The van der Waals surface area contributed by atoms with Crippen LogP contribution in [0, 0.1) is 5.92 Å². The predicted molar refractivity (Wildman–Crippen MR) is 58.3 cm³/mol. The van der Waals surface area contributed by atoms with Crippen LogP contribution >= 0.6 is 0 Å². The second-order valence-corrected chi connectivity index (χ2v) is 3.93. The van der Waals surface area contributed by atoms with Crippen LogP contribution in [-0.4, -0.2) is 27.7 Å². The third-order valence-electron chi connectivity index (χ3n) is 2.89. The lowest BCUT2D eigenvalue weighted by molar-refractivity contribution is 0.222. The van der Waals surface area contributed by atoms with E-state index in [2.05, 4.69) is 15.3 Å². The first-order valence-corrected chi connectivity index (χ1v) is 5.25. The summed E-state index contributed by atoms with van der Waals surface area (Å²) in [5, 5.41) is 12.4. The Kier molecular flexibility index (Phi) is 3.01. The SMILES string of the molecule is Nc1ccnc(NC2CCCC2CO)n1. The Labute approximate surface area is 88.7 Å². The Morgan fingerprint density at radius 1 is 1.53 bits per heavy atom. The van der Waals surface area contributed by atoms with Crippen molar-refractivity contribution in [2.45, 2.75) is 25.3 Å². The highest BCUT2D eigenvalue weighted by Gasteiger charge is 2.26. The van der Waals surface area contributed by atoms with Crippen molar-refractivity contribution in [1.29, 1.82) is 0 Å². The van der Waals surface area contributed by atoms with Crippen LogP contribution in [0.1, 0.15) is 19.3 Å². The summed E-state index contributed by atoms with van der Waals surface area (Å²) in [7, 11) is 0. The second kappa shape index (κ2) is 4.44. The van der Waals surface area contributed by atoms with Crippen LogP contribution < -0.4 is 11.1 Å². The fourth-order valence-corrected chi connectivity index (χ4v) is 2.05. The molecule has 82 valence electrons. The normalized spacial score (nSPS) is 25.4. The van der Waals surface area contributed by atoms with Gasteiger partial charge in [-0.25, -0.2) is 4.98 Å². The monoisotopic (exact) mass is 208 g/mol. The summed E-state index contributed by atoms with van der Waals surface area (Å²) in [6, 6.07) is 1.93. The highest BCUT2D eigenvalue weighted by molar-refractivity contribution is 5.36. The van der Waals surface area contributed by atoms with Gasteiger partial charge < -0.3 is 16.2 Å². The average molecular weight is 208 g/mol. The minimum atomic E-state index is 0.222. The molecule has 0 spiro atoms. The van der Waals surface area contributed by atoms with Gasteiger partial charge in [0, 0.05) is 24.8 Å². The van der Waals surface area contributed by atoms with E-state index in [4.69, 9.17) is 10.8 Å². The van der Waals surface area contributed by atoms with Crippen molar-refractivity contribution in [1.82, 2.24) is 9.97 Å². The number of hydrogen-bond acceptors (Lipinski definition) is 5. The topological polar surface area (TPSA) is 84.1 Å². The van der Waals surface area contributed by atoms with Crippen molar-refractivity contribution in [3.63, 3.8) is 0 Å². The minimum absolute atomic E-state index is 0.222. The van der Waals surface area contributed by atoms with Crippen LogP contribution in [-0.2, 0) is 0 Å². The predicted octanol–water partition coefficient (Wildman–Crippen LogP) is 0.632. The van der Waals surface area contributed by atoms with E-state index in [-0.39, 0.29) is 12.6 Å². The quantitative estimate of drug-likeness (QED) is 0.678. The molecule has 2 atom stereocenters. The molecule has 0 aromatic carbocycles. The molecule has 4 N–H and O–H groups in total. The van der Waals surface area contributed by atoms with Gasteiger partial charge in [-0.05, 0) is 18.9 Å². The zero-order chi connectivity index (χ0) is 10.7. The lowest BCUT2D eigenvalue weighted by Gasteiger charge is -2.18. The number of anilines is 2. The van der Waals surface area contributed by atoms with E-state index >= 15 is 0 Å². The highest BCUT2D eigenvalue weighted by atomic mass is 16.3. The van der Waals surface area contributed by atoms with E-state index in [9.17, 15) is 0 Å². The molecule has 1 aromatic rings. The van der Waals surface area contributed by atoms with Gasteiger partial charge >= 0.3 is 0 Å². The van der Waals surface area contributed by atoms with Crippen LogP contribution in [0.15, 0.2) is 12.3 Å². The van der Waals surface area contributed by atoms with Gasteiger partial charge in [0.2, 0.25) is 5.95 Å². The molecule has 2 unspecified atom stereocenters. The Morgan fingerprint density at radius 3 is 3.13 bits per heavy atom. The minimum Gasteiger partial charge on any atom is -0.396 e. The lowest BCUT2D eigenvalue weighted by atomic mass is 10.1. The van der Waals surface area contributed by atoms with Crippen LogP contribution in [0.2, 0.25) is 0 Å². The Balaban J connectivity index is 2.02. The standard InChI is InChI=1S/C10H16N4O/c11-9-4-5-12-10(14-9)13-8-3-1-2-7(8)6-15/h4-5,7-8,15H,1-3,6H2,(H3,11,12,13,14). The van der Waals surface area contributed by atoms with Crippen molar-refractivity contribution in [3.05, 3.63) is 12.3 Å². The van der Waals surface area contributed by atoms with Gasteiger partial charge in [0.15, 0.2) is 0 Å². The summed E-state index contributed by atoms with van der Waals surface area (Å²) in [5.41, 5.74) is 5.56. The van der Waals surface area contributed by atoms with E-state index in [1.807, 2.05) is 0 Å². The molecule has 0 amide bonds. The Hall–Kier alpha value is -1.36. The summed E-state index contributed by atoms with van der Waals surface area (Å²) < 4.78 is 0. The van der Waals surface area contributed by atoms with E-state index < -0.39 is 0 Å². The number of aliphatic hydroxyl groups is 1. The van der Waals surface area contributed by atoms with E-state index in [1.165, 1.54) is 0 Å². The van der Waals surface area contributed by atoms with Crippen molar-refractivity contribution in [2.75, 3.05) is 17.7 Å². The summed E-state index contributed by atoms with van der Waals surface area (Å²) in [5.74, 6) is 1.33. The lowest BCUT2D eigenvalue weighted by Crippen LogP contribution is -2.27. The van der Waals surface area contributed by atoms with Gasteiger partial charge in [-0.2, -0.15) is 4.98 Å². The molecule has 0 bridgehead atoms. The van der Waals surface area contributed by atoms with Gasteiger partial charge in [0.1, 0.15) is 5.82 Å². The third-order valence-corrected chi connectivity index (χ3v) is 2.89. The van der Waals surface area contributed by atoms with Gasteiger partial charge in [0.05, 0.1) is 0 Å². The molecule has 1 aliphatic rings. The van der Waals surface area contributed by atoms with Crippen molar-refractivity contribution in [3.8, 4) is 0 Å². The second-order valence-electron chi connectivity index (χ2n) is 3.93. The Morgan fingerprint density at radius 2 is 2.40 bits per heavy atom. The molecular formula is C10H16N4O. The van der Waals surface area contributed by atoms with Gasteiger partial charge in [0.25, 0.3) is 0 Å². The van der Waals surface area contributed by atoms with Crippen LogP contribution in [0.3, 0.4) is 0 Å². The van der Waals surface area contributed by atoms with E-state index in [1.54, 1.807) is 12.3 Å². The number of nitrogens with zero attached hydrogens (tertiary/aromatic N) is 2. The average Bonchev–Trinajstić information content (AvgIpc) is 2.65. The zero-order valence-corrected chi connectivity index (χ0v) is 8.56. The van der Waals surface area contributed by atoms with Gasteiger partial charge in [-0.15, -0.1) is 0 Å². The summed E-state index contributed by atoms with van der Waals surface area (Å²) in [6.07, 6.45) is 4.90. The molecule has 5 nitrogen and oxygen atoms in total. The van der Waals surface area contributed by atoms with Crippen molar-refractivity contribution < 1.29 is 5.11 Å². The van der Waals surface area contributed by atoms with Crippen molar-refractivity contribution >= 4 is 11.8 Å². The summed E-state index contributed by atoms with van der Waals surface area (Å²) >= 11 is 0. The largest absolute Gasteiger partial charge is 0.396 e. The fourth-order valence-electron chi connectivity index (χ4n) is 2.05. The zero-order valence-electron chi connectivity index (χ0n) is 8.56. The maximum absolute atomic E-state index is 9.16. The molecule has 15 heavy (non-hydrogen) atoms. The highest BCUT2D eigenvalue weighted by Crippen LogP contribution is 2.27. The molecular weight excluding hydrogens is 192 g/mol. The molecule has 1 aliphatic carbocycles. The van der Waals surface area contributed by atoms with Crippen LogP contribution in [0.5, 0.6) is 0 Å². The van der Waals surface area contributed by atoms with Crippen LogP contribution in [0.25, 0.3) is 0 Å². The first kappa shape index (κ1) is 10.2. The first-order chi connectivity index (χ1) is 7.29. The molecule has 5 heteroatoms. The fraction of sp³-hybridized carbons (Fsp3) is 0.600. The Bertz CT molecular complexity index is 331. The molecule has 0 saturated heterocycles. The smallest absolute Gasteiger partial charge is 0.224 e. The molecule has 1 saturated carbocycles. The van der Waals surface area contributed by atoms with Gasteiger partial charge in [-0.1, -0.05) is 6.42 Å². The van der Waals surface area contributed by atoms with Crippen LogP contribution in [0.4, 0.5) is 11.8 Å². The number of nitrogens with one attached hydrogen (secondary N) is 1. The number of aromatic nitrogens is 2. The van der Waals surface area contributed by atoms with E-state index in [0.29, 0.717) is 17.7 Å².